The molecule has 4 nitrogen and oxygen atoms in total. The molecule has 0 radical (unpaired) electrons. The zero-order chi connectivity index (χ0) is 6.69. The van der Waals surface area contributed by atoms with Crippen LogP contribution < -0.4 is 4.52 Å². The van der Waals surface area contributed by atoms with E-state index >= 15 is 0 Å². The molecule has 0 aliphatic carbocycles. The predicted molar refractivity (Wildman–Crippen MR) is 42.5 cm³/mol. The van der Waals surface area contributed by atoms with Gasteiger partial charge in [0.15, 0.2) is 0 Å². The molecule has 1 aromatic heterocycles. The van der Waals surface area contributed by atoms with Gasteiger partial charge in [0.2, 0.25) is 0 Å². The van der Waals surface area contributed by atoms with Gasteiger partial charge in [-0.15, -0.1) is 0 Å². The first-order valence-corrected chi connectivity index (χ1v) is 4.23. The van der Waals surface area contributed by atoms with Crippen LogP contribution in [0.15, 0.2) is 11.6 Å². The summed E-state index contributed by atoms with van der Waals surface area (Å²) in [6.07, 6.45) is 1.50. The molecule has 0 fully saturated rings. The summed E-state index contributed by atoms with van der Waals surface area (Å²) in [5.41, 5.74) is 0. The van der Waals surface area contributed by atoms with Crippen molar-refractivity contribution in [3.05, 3.63) is 11.6 Å². The number of rotatable bonds is 2. The third-order valence-electron chi connectivity index (χ3n) is 0.584. The first kappa shape index (κ1) is 10.9. The van der Waals surface area contributed by atoms with Crippen molar-refractivity contribution in [2.45, 2.75) is 0 Å². The second-order valence-electron chi connectivity index (χ2n) is 1.17. The molecular weight excluding hydrogens is 201 g/mol. The van der Waals surface area contributed by atoms with Crippen LogP contribution in [0.4, 0.5) is 0 Å². The number of aromatic nitrogens is 1. The van der Waals surface area contributed by atoms with Crippen molar-refractivity contribution in [3.8, 4) is 5.19 Å². The molecule has 1 heterocycles. The summed E-state index contributed by atoms with van der Waals surface area (Å²) in [4.78, 5) is 11.8. The van der Waals surface area contributed by atoms with Gasteiger partial charge in [-0.05, 0) is 0 Å². The van der Waals surface area contributed by atoms with Crippen LogP contribution in [0.5, 0.6) is 5.19 Å². The average Bonchev–Trinajstić information content (AvgIpc) is 2.15. The second kappa shape index (κ2) is 5.52. The zero-order valence-corrected chi connectivity index (χ0v) is 6.09. The third-order valence-corrected chi connectivity index (χ3v) is 1.75. The number of nitrogens with zero attached hydrogens (tertiary/aromatic N) is 1. The van der Waals surface area contributed by atoms with Crippen LogP contribution in [0, 0.1) is 0 Å². The van der Waals surface area contributed by atoms with E-state index in [1.807, 2.05) is 0 Å². The summed E-state index contributed by atoms with van der Waals surface area (Å²) >= 11 is 1.18. The van der Waals surface area contributed by atoms with Gasteiger partial charge in [-0.2, -0.15) is 0 Å². The molecule has 1 atom stereocenters. The molecule has 1 rings (SSSR count). The molecule has 0 amide bonds. The fourth-order valence-electron chi connectivity index (χ4n) is 0.335. The Hall–Kier alpha value is 0.880. The van der Waals surface area contributed by atoms with Crippen LogP contribution in [0.2, 0.25) is 0 Å². The van der Waals surface area contributed by atoms with Gasteiger partial charge in [0.25, 0.3) is 5.19 Å². The molecule has 10 heavy (non-hydrogen) atoms. The molecule has 1 aromatic rings. The first-order chi connectivity index (χ1) is 4.29. The van der Waals surface area contributed by atoms with Crippen LogP contribution in [0.25, 0.3) is 0 Å². The van der Waals surface area contributed by atoms with E-state index in [1.165, 1.54) is 17.5 Å². The van der Waals surface area contributed by atoms with Crippen molar-refractivity contribution in [1.29, 1.82) is 0 Å². The van der Waals surface area contributed by atoms with E-state index < -0.39 is 8.25 Å². The van der Waals surface area contributed by atoms with Crippen molar-refractivity contribution < 1.29 is 14.0 Å². The number of hydrogen-bond donors (Lipinski definition) is 1. The van der Waals surface area contributed by atoms with Gasteiger partial charge in [0, 0.05) is 11.6 Å². The van der Waals surface area contributed by atoms with Crippen LogP contribution in [0.1, 0.15) is 0 Å². The summed E-state index contributed by atoms with van der Waals surface area (Å²) in [6, 6.07) is 0. The van der Waals surface area contributed by atoms with Crippen molar-refractivity contribution in [3.63, 3.8) is 0 Å². The minimum atomic E-state index is -2.86. The maximum absolute atomic E-state index is 10.00. The fourth-order valence-corrected chi connectivity index (χ4v) is 1.30. The Kier molecular flexibility index (Phi) is 6.01. The van der Waals surface area contributed by atoms with E-state index in [2.05, 4.69) is 9.51 Å². The molecule has 0 saturated heterocycles. The Balaban J connectivity index is 0.000000810. The van der Waals surface area contributed by atoms with Crippen LogP contribution >= 0.6 is 19.6 Å². The van der Waals surface area contributed by atoms with E-state index in [0.717, 1.165) is 0 Å². The number of thiazole rings is 1. The fraction of sp³-hybridized carbons (Fsp3) is 0. The van der Waals surface area contributed by atoms with Crippen molar-refractivity contribution >= 4 is 57.3 Å². The Morgan fingerprint density at radius 2 is 2.50 bits per heavy atom. The van der Waals surface area contributed by atoms with Crippen LogP contribution in [-0.4, -0.2) is 47.6 Å². The van der Waals surface area contributed by atoms with Gasteiger partial charge >= 0.3 is 46.0 Å². The maximum atomic E-state index is 10.00. The Bertz CT molecular complexity index is 204. The van der Waals surface area contributed by atoms with E-state index in [4.69, 9.17) is 4.89 Å². The van der Waals surface area contributed by atoms with E-state index in [-0.39, 0.29) is 42.9 Å². The average molecular weight is 207 g/mol. The first-order valence-electron chi connectivity index (χ1n) is 2.09. The summed E-state index contributed by atoms with van der Waals surface area (Å²) in [5, 5.41) is 1.90. The van der Waals surface area contributed by atoms with E-state index in [1.54, 1.807) is 5.38 Å². The molecule has 0 spiro atoms. The molecule has 1 unspecified atom stereocenters. The monoisotopic (exact) mass is 207 g/mol. The number of hydrogen-bond acceptors (Lipinski definition) is 4. The van der Waals surface area contributed by atoms with Crippen molar-refractivity contribution in [1.82, 2.24) is 4.98 Å². The molecule has 0 bridgehead atoms. The molecule has 0 aromatic carbocycles. The summed E-state index contributed by atoms with van der Waals surface area (Å²) in [6.45, 7) is 0. The molecule has 0 aliphatic heterocycles. The zero-order valence-electron chi connectivity index (χ0n) is 4.27. The van der Waals surface area contributed by atoms with Gasteiger partial charge in [-0.3, -0.25) is 0 Å². The van der Waals surface area contributed by atoms with Crippen molar-refractivity contribution in [2.24, 2.45) is 0 Å². The van der Waals surface area contributed by atoms with Gasteiger partial charge in [0.1, 0.15) is 0 Å². The third kappa shape index (κ3) is 3.91. The van der Waals surface area contributed by atoms with Gasteiger partial charge in [-0.25, -0.2) is 9.55 Å². The molecule has 7 heteroatoms. The van der Waals surface area contributed by atoms with Gasteiger partial charge in [0.05, 0.1) is 0 Å². The topological polar surface area (TPSA) is 59.4 Å². The quantitative estimate of drug-likeness (QED) is 0.547. The molecule has 1 N–H and O–H groups in total. The van der Waals surface area contributed by atoms with Crippen LogP contribution in [0.3, 0.4) is 0 Å². The molecule has 54 valence electrons. The predicted octanol–water partition coefficient (Wildman–Crippen LogP) is -0.0123. The minimum absolute atomic E-state index is 0. The SMILES string of the molecule is O=[PH](O)Oc1nccs1.[CaH2]. The Morgan fingerprint density at radius 1 is 1.80 bits per heavy atom. The normalized spacial score (nSPS) is 11.7. The summed E-state index contributed by atoms with van der Waals surface area (Å²) in [7, 11) is -2.86. The van der Waals surface area contributed by atoms with Gasteiger partial charge < -0.3 is 9.42 Å². The Morgan fingerprint density at radius 3 is 2.90 bits per heavy atom. The van der Waals surface area contributed by atoms with Crippen molar-refractivity contribution in [2.75, 3.05) is 0 Å². The van der Waals surface area contributed by atoms with Gasteiger partial charge in [-0.1, -0.05) is 11.3 Å². The van der Waals surface area contributed by atoms with Crippen LogP contribution in [-0.2, 0) is 4.57 Å². The molecular formula is C3H6CaNO3PS. The summed E-state index contributed by atoms with van der Waals surface area (Å²) < 4.78 is 14.4. The van der Waals surface area contributed by atoms with E-state index in [9.17, 15) is 4.57 Å². The molecule has 0 saturated carbocycles. The standard InChI is InChI=1S/C3H4NO3PS.Ca.2H/c5-8(6)7-3-4-1-2-9-3;;;/h1-2,8H,(H,5,6);;;. The second-order valence-corrected chi connectivity index (χ2v) is 2.76. The van der Waals surface area contributed by atoms with E-state index in [0.29, 0.717) is 0 Å². The summed E-state index contributed by atoms with van der Waals surface area (Å²) in [5.74, 6) is 0. The Labute approximate surface area is 92.2 Å². The molecule has 0 aliphatic rings.